The molecule has 2 aromatic rings. The predicted molar refractivity (Wildman–Crippen MR) is 97.2 cm³/mol. The zero-order valence-corrected chi connectivity index (χ0v) is 14.9. The quantitative estimate of drug-likeness (QED) is 0.725. The van der Waals surface area contributed by atoms with Crippen LogP contribution in [0.1, 0.15) is 24.2 Å². The first kappa shape index (κ1) is 18.1. The molecule has 0 saturated carbocycles. The Bertz CT molecular complexity index is 942. The molecule has 0 aromatic heterocycles. The molecule has 3 N–H and O–H groups in total. The summed E-state index contributed by atoms with van der Waals surface area (Å²) in [7, 11) is -3.64. The fourth-order valence-corrected chi connectivity index (χ4v) is 3.86. The molecule has 2 aromatic carbocycles. The highest BCUT2D eigenvalue weighted by atomic mass is 32.2. The van der Waals surface area contributed by atoms with Crippen LogP contribution in [0.2, 0.25) is 0 Å². The van der Waals surface area contributed by atoms with E-state index < -0.39 is 28.1 Å². The topological polar surface area (TPSA) is 108 Å². The Balaban J connectivity index is 1.67. The van der Waals surface area contributed by atoms with E-state index >= 15 is 0 Å². The minimum Gasteiger partial charge on any atom is -0.387 e. The van der Waals surface area contributed by atoms with Crippen LogP contribution in [-0.4, -0.2) is 37.9 Å². The van der Waals surface area contributed by atoms with Gasteiger partial charge in [-0.2, -0.15) is 0 Å². The molecule has 2 atom stereocenters. The molecule has 0 aliphatic carbocycles. The maximum Gasteiger partial charge on any atom is 0.263 e. The standard InChI is InChI=1S/C18H19N3O4S/c1-12(18(23)19-11-15(22)13-7-3-2-4-8-13)20-17-14-9-5-6-10-16(14)26(24,25)21-17/h2-10,12,15,22H,11H2,1H3,(H,19,23)(H,20,21). The monoisotopic (exact) mass is 373 g/mol. The Morgan fingerprint density at radius 2 is 1.81 bits per heavy atom. The number of aliphatic hydroxyl groups is 1. The average molecular weight is 373 g/mol. The Hall–Kier alpha value is -2.71. The summed E-state index contributed by atoms with van der Waals surface area (Å²) in [5, 5.41) is 12.7. The number of sulfonamides is 1. The Labute approximate surface area is 151 Å². The lowest BCUT2D eigenvalue weighted by Gasteiger charge is -2.14. The number of aliphatic imine (C=N–C) groups is 1. The number of aliphatic hydroxyl groups excluding tert-OH is 1. The summed E-state index contributed by atoms with van der Waals surface area (Å²) in [5.74, 6) is -0.261. The number of carbonyl (C=O) groups excluding carboxylic acids is 1. The molecule has 7 nitrogen and oxygen atoms in total. The number of amides is 1. The number of fused-ring (bicyclic) bond motifs is 1. The first-order chi connectivity index (χ1) is 12.4. The second-order valence-corrected chi connectivity index (χ2v) is 7.58. The van der Waals surface area contributed by atoms with Crippen molar-refractivity contribution in [3.8, 4) is 0 Å². The summed E-state index contributed by atoms with van der Waals surface area (Å²) in [5.41, 5.74) is 1.14. The van der Waals surface area contributed by atoms with Crippen LogP contribution in [0.5, 0.6) is 0 Å². The van der Waals surface area contributed by atoms with Crippen molar-refractivity contribution in [3.05, 3.63) is 65.7 Å². The van der Waals surface area contributed by atoms with Crippen LogP contribution in [0.25, 0.3) is 0 Å². The molecule has 0 saturated heterocycles. The lowest BCUT2D eigenvalue weighted by Crippen LogP contribution is -2.36. The number of nitrogens with zero attached hydrogens (tertiary/aromatic N) is 1. The third-order valence-corrected chi connectivity index (χ3v) is 5.42. The lowest BCUT2D eigenvalue weighted by molar-refractivity contribution is -0.122. The summed E-state index contributed by atoms with van der Waals surface area (Å²) in [4.78, 5) is 16.6. The van der Waals surface area contributed by atoms with Crippen LogP contribution in [-0.2, 0) is 14.8 Å². The van der Waals surface area contributed by atoms with Gasteiger partial charge in [0.25, 0.3) is 10.0 Å². The highest BCUT2D eigenvalue weighted by molar-refractivity contribution is 7.90. The van der Waals surface area contributed by atoms with E-state index in [-0.39, 0.29) is 17.3 Å². The molecule has 136 valence electrons. The SMILES string of the molecule is CC(N=C1NS(=O)(=O)c2ccccc21)C(=O)NCC(O)c1ccccc1. The molecular weight excluding hydrogens is 354 g/mol. The molecule has 2 unspecified atom stereocenters. The Morgan fingerprint density at radius 3 is 2.54 bits per heavy atom. The zero-order valence-electron chi connectivity index (χ0n) is 14.1. The highest BCUT2D eigenvalue weighted by Crippen LogP contribution is 2.22. The molecule has 0 spiro atoms. The number of hydrogen-bond donors (Lipinski definition) is 3. The maximum atomic E-state index is 12.2. The maximum absolute atomic E-state index is 12.2. The van der Waals surface area contributed by atoms with Crippen molar-refractivity contribution >= 4 is 21.8 Å². The predicted octanol–water partition coefficient (Wildman–Crippen LogP) is 0.963. The summed E-state index contributed by atoms with van der Waals surface area (Å²) in [6.07, 6.45) is -0.828. The van der Waals surface area contributed by atoms with Crippen LogP contribution in [0.15, 0.2) is 64.5 Å². The van der Waals surface area contributed by atoms with Crippen LogP contribution < -0.4 is 10.0 Å². The summed E-state index contributed by atoms with van der Waals surface area (Å²) < 4.78 is 26.5. The smallest absolute Gasteiger partial charge is 0.263 e. The molecule has 0 fully saturated rings. The van der Waals surface area contributed by atoms with Crippen molar-refractivity contribution in [2.24, 2.45) is 4.99 Å². The molecular formula is C18H19N3O4S. The van der Waals surface area contributed by atoms with Crippen molar-refractivity contribution in [1.82, 2.24) is 10.0 Å². The zero-order chi connectivity index (χ0) is 18.7. The largest absolute Gasteiger partial charge is 0.387 e. The van der Waals surface area contributed by atoms with Gasteiger partial charge in [-0.1, -0.05) is 42.5 Å². The van der Waals surface area contributed by atoms with Crippen LogP contribution in [0.3, 0.4) is 0 Å². The molecule has 8 heteroatoms. The van der Waals surface area contributed by atoms with Crippen molar-refractivity contribution in [3.63, 3.8) is 0 Å². The second kappa shape index (κ2) is 7.27. The van der Waals surface area contributed by atoms with Gasteiger partial charge >= 0.3 is 0 Å². The minimum absolute atomic E-state index is 0.0420. The first-order valence-electron chi connectivity index (χ1n) is 8.09. The van der Waals surface area contributed by atoms with Crippen LogP contribution in [0, 0.1) is 0 Å². The lowest BCUT2D eigenvalue weighted by atomic mass is 10.1. The van der Waals surface area contributed by atoms with E-state index in [0.717, 1.165) is 0 Å². The number of amidine groups is 1. The van der Waals surface area contributed by atoms with E-state index in [2.05, 4.69) is 15.0 Å². The first-order valence-corrected chi connectivity index (χ1v) is 9.57. The van der Waals surface area contributed by atoms with Crippen LogP contribution in [0.4, 0.5) is 0 Å². The number of carbonyl (C=O) groups is 1. The summed E-state index contributed by atoms with van der Waals surface area (Å²) in [6.45, 7) is 1.60. The summed E-state index contributed by atoms with van der Waals surface area (Å²) in [6, 6.07) is 14.6. The van der Waals surface area contributed by atoms with E-state index in [9.17, 15) is 18.3 Å². The molecule has 26 heavy (non-hydrogen) atoms. The highest BCUT2D eigenvalue weighted by Gasteiger charge is 2.31. The van der Waals surface area contributed by atoms with E-state index in [1.54, 1.807) is 49.4 Å². The van der Waals surface area contributed by atoms with Crippen LogP contribution >= 0.6 is 0 Å². The van der Waals surface area contributed by atoms with E-state index in [4.69, 9.17) is 0 Å². The molecule has 1 aliphatic heterocycles. The molecule has 0 bridgehead atoms. The molecule has 1 amide bonds. The van der Waals surface area contributed by atoms with Gasteiger partial charge < -0.3 is 10.4 Å². The number of rotatable bonds is 5. The van der Waals surface area contributed by atoms with Crippen molar-refractivity contribution < 1.29 is 18.3 Å². The van der Waals surface area contributed by atoms with E-state index in [0.29, 0.717) is 11.1 Å². The van der Waals surface area contributed by atoms with Gasteiger partial charge in [0.1, 0.15) is 11.9 Å². The molecule has 1 aliphatic rings. The van der Waals surface area contributed by atoms with Crippen molar-refractivity contribution in [2.75, 3.05) is 6.54 Å². The van der Waals surface area contributed by atoms with Gasteiger partial charge in [0, 0.05) is 12.1 Å². The van der Waals surface area contributed by atoms with E-state index in [1.807, 2.05) is 6.07 Å². The molecule has 1 heterocycles. The van der Waals surface area contributed by atoms with Gasteiger partial charge in [0.15, 0.2) is 0 Å². The molecule has 3 rings (SSSR count). The fourth-order valence-electron chi connectivity index (χ4n) is 2.62. The Kier molecular flexibility index (Phi) is 5.06. The summed E-state index contributed by atoms with van der Waals surface area (Å²) >= 11 is 0. The second-order valence-electron chi connectivity index (χ2n) is 5.93. The van der Waals surface area contributed by atoms with Gasteiger partial charge in [-0.15, -0.1) is 0 Å². The van der Waals surface area contributed by atoms with Gasteiger partial charge in [-0.3, -0.25) is 14.5 Å². The van der Waals surface area contributed by atoms with Crippen molar-refractivity contribution in [2.45, 2.75) is 24.0 Å². The van der Waals surface area contributed by atoms with Crippen molar-refractivity contribution in [1.29, 1.82) is 0 Å². The Morgan fingerprint density at radius 1 is 1.15 bits per heavy atom. The average Bonchev–Trinajstić information content (AvgIpc) is 2.90. The third kappa shape index (κ3) is 3.76. The fraction of sp³-hybridized carbons (Fsp3) is 0.222. The minimum atomic E-state index is -3.64. The van der Waals surface area contributed by atoms with Gasteiger partial charge in [0.2, 0.25) is 5.91 Å². The number of hydrogen-bond acceptors (Lipinski definition) is 5. The number of benzene rings is 2. The normalized spacial score (nSPS) is 18.6. The number of nitrogens with one attached hydrogen (secondary N) is 2. The van der Waals surface area contributed by atoms with Gasteiger partial charge in [-0.25, -0.2) is 8.42 Å². The van der Waals surface area contributed by atoms with Gasteiger partial charge in [0.05, 0.1) is 11.0 Å². The van der Waals surface area contributed by atoms with Gasteiger partial charge in [-0.05, 0) is 24.6 Å². The van der Waals surface area contributed by atoms with E-state index in [1.165, 1.54) is 6.07 Å². The third-order valence-electron chi connectivity index (χ3n) is 4.02. The molecule has 0 radical (unpaired) electrons.